The topological polar surface area (TPSA) is 75.3 Å². The van der Waals surface area contributed by atoms with E-state index in [1.807, 2.05) is 0 Å². The Bertz CT molecular complexity index is 561. The van der Waals surface area contributed by atoms with Crippen LogP contribution in [0.25, 0.3) is 0 Å². The summed E-state index contributed by atoms with van der Waals surface area (Å²) in [6, 6.07) is 4.84. The van der Waals surface area contributed by atoms with Gasteiger partial charge in [-0.3, -0.25) is 14.4 Å². The molecule has 94 valence electrons. The Morgan fingerprint density at radius 3 is 2.56 bits per heavy atom. The number of amides is 2. The highest BCUT2D eigenvalue weighted by atomic mass is 16.2. The summed E-state index contributed by atoms with van der Waals surface area (Å²) in [5.74, 6) is -0.751. The fourth-order valence-corrected chi connectivity index (χ4v) is 1.85. The molecule has 5 nitrogen and oxygen atoms in total. The van der Waals surface area contributed by atoms with Crippen LogP contribution in [0.2, 0.25) is 0 Å². The first-order valence-corrected chi connectivity index (χ1v) is 5.60. The van der Waals surface area contributed by atoms with Crippen molar-refractivity contribution in [2.24, 2.45) is 5.41 Å². The largest absolute Gasteiger partial charge is 0.326 e. The molecule has 0 spiro atoms. The van der Waals surface area contributed by atoms with E-state index >= 15 is 0 Å². The van der Waals surface area contributed by atoms with Crippen molar-refractivity contribution < 1.29 is 14.4 Å². The van der Waals surface area contributed by atoms with Gasteiger partial charge in [-0.15, -0.1) is 0 Å². The molecule has 0 unspecified atom stereocenters. The van der Waals surface area contributed by atoms with Crippen LogP contribution in [0.1, 0.15) is 31.1 Å². The SMILES string of the molecule is CC(=O)Nc1ccc2c(c1)NC(=O)C(C)(C)C2=O. The van der Waals surface area contributed by atoms with E-state index < -0.39 is 5.41 Å². The molecule has 0 atom stereocenters. The van der Waals surface area contributed by atoms with E-state index in [0.29, 0.717) is 16.9 Å². The average Bonchev–Trinajstić information content (AvgIpc) is 2.26. The predicted octanol–water partition coefficient (Wildman–Crippen LogP) is 1.81. The summed E-state index contributed by atoms with van der Waals surface area (Å²) in [5, 5.41) is 5.29. The first-order valence-electron chi connectivity index (χ1n) is 5.60. The molecule has 0 fully saturated rings. The number of carbonyl (C=O) groups excluding carboxylic acids is 3. The molecular formula is C13H14N2O3. The van der Waals surface area contributed by atoms with Gasteiger partial charge in [0.1, 0.15) is 5.41 Å². The summed E-state index contributed by atoms with van der Waals surface area (Å²) in [4.78, 5) is 34.9. The van der Waals surface area contributed by atoms with Crippen molar-refractivity contribution in [3.05, 3.63) is 23.8 Å². The van der Waals surface area contributed by atoms with E-state index in [2.05, 4.69) is 10.6 Å². The Morgan fingerprint density at radius 2 is 1.94 bits per heavy atom. The third-order valence-corrected chi connectivity index (χ3v) is 2.97. The van der Waals surface area contributed by atoms with E-state index in [4.69, 9.17) is 0 Å². The van der Waals surface area contributed by atoms with Crippen LogP contribution in [0.5, 0.6) is 0 Å². The molecule has 5 heteroatoms. The molecule has 0 bridgehead atoms. The van der Waals surface area contributed by atoms with Crippen LogP contribution in [0, 0.1) is 5.41 Å². The minimum Gasteiger partial charge on any atom is -0.326 e. The van der Waals surface area contributed by atoms with Gasteiger partial charge in [-0.1, -0.05) is 0 Å². The van der Waals surface area contributed by atoms with Crippen molar-refractivity contribution in [3.8, 4) is 0 Å². The molecule has 0 aromatic heterocycles. The standard InChI is InChI=1S/C13H14N2O3/c1-7(16)14-8-4-5-9-10(6-8)15-12(18)13(2,3)11(9)17/h4-6H,1-3H3,(H,14,16)(H,15,18). The molecule has 1 heterocycles. The van der Waals surface area contributed by atoms with Crippen LogP contribution in [0.15, 0.2) is 18.2 Å². The van der Waals surface area contributed by atoms with Crippen LogP contribution in [-0.2, 0) is 9.59 Å². The monoisotopic (exact) mass is 246 g/mol. The molecule has 0 saturated heterocycles. The Labute approximate surface area is 105 Å². The number of anilines is 2. The summed E-state index contributed by atoms with van der Waals surface area (Å²) in [6.45, 7) is 4.58. The van der Waals surface area contributed by atoms with Gasteiger partial charge >= 0.3 is 0 Å². The van der Waals surface area contributed by atoms with Crippen LogP contribution in [0.3, 0.4) is 0 Å². The van der Waals surface area contributed by atoms with Crippen molar-refractivity contribution in [2.75, 3.05) is 10.6 Å². The number of hydrogen-bond acceptors (Lipinski definition) is 3. The van der Waals surface area contributed by atoms with Crippen molar-refractivity contribution in [2.45, 2.75) is 20.8 Å². The van der Waals surface area contributed by atoms with Crippen molar-refractivity contribution >= 4 is 29.0 Å². The highest BCUT2D eigenvalue weighted by Gasteiger charge is 2.41. The Morgan fingerprint density at radius 1 is 1.28 bits per heavy atom. The summed E-state index contributed by atoms with van der Waals surface area (Å²) in [6.07, 6.45) is 0. The molecule has 2 amide bonds. The average molecular weight is 246 g/mol. The molecule has 2 N–H and O–H groups in total. The van der Waals surface area contributed by atoms with Crippen LogP contribution < -0.4 is 10.6 Å². The van der Waals surface area contributed by atoms with E-state index in [9.17, 15) is 14.4 Å². The smallest absolute Gasteiger partial charge is 0.237 e. The quantitative estimate of drug-likeness (QED) is 0.742. The normalized spacial score (nSPS) is 16.8. The highest BCUT2D eigenvalue weighted by Crippen LogP contribution is 2.34. The summed E-state index contributed by atoms with van der Waals surface area (Å²) < 4.78 is 0. The summed E-state index contributed by atoms with van der Waals surface area (Å²) in [7, 11) is 0. The van der Waals surface area contributed by atoms with E-state index in [1.165, 1.54) is 6.92 Å². The predicted molar refractivity (Wildman–Crippen MR) is 67.5 cm³/mol. The van der Waals surface area contributed by atoms with E-state index in [0.717, 1.165) is 0 Å². The zero-order valence-electron chi connectivity index (χ0n) is 10.5. The number of hydrogen-bond donors (Lipinski definition) is 2. The van der Waals surface area contributed by atoms with Crippen molar-refractivity contribution in [1.29, 1.82) is 0 Å². The second-order valence-electron chi connectivity index (χ2n) is 4.85. The van der Waals surface area contributed by atoms with Crippen molar-refractivity contribution in [3.63, 3.8) is 0 Å². The molecule has 0 saturated carbocycles. The first kappa shape index (κ1) is 12.3. The first-order chi connectivity index (χ1) is 8.32. The maximum absolute atomic E-state index is 12.1. The lowest BCUT2D eigenvalue weighted by molar-refractivity contribution is -0.122. The van der Waals surface area contributed by atoms with Gasteiger partial charge < -0.3 is 10.6 Å². The van der Waals surface area contributed by atoms with Gasteiger partial charge in [0.05, 0.1) is 5.69 Å². The maximum Gasteiger partial charge on any atom is 0.237 e. The number of fused-ring (bicyclic) bond motifs is 1. The van der Waals surface area contributed by atoms with Gasteiger partial charge in [0, 0.05) is 18.2 Å². The molecular weight excluding hydrogens is 232 g/mol. The van der Waals surface area contributed by atoms with Crippen LogP contribution in [-0.4, -0.2) is 17.6 Å². The highest BCUT2D eigenvalue weighted by molar-refractivity contribution is 6.23. The molecule has 18 heavy (non-hydrogen) atoms. The van der Waals surface area contributed by atoms with Gasteiger partial charge in [0.2, 0.25) is 11.8 Å². The third kappa shape index (κ3) is 1.88. The molecule has 1 aromatic rings. The maximum atomic E-state index is 12.1. The molecule has 1 aliphatic rings. The van der Waals surface area contributed by atoms with E-state index in [1.54, 1.807) is 32.0 Å². The van der Waals surface area contributed by atoms with Gasteiger partial charge in [0.25, 0.3) is 0 Å². The number of carbonyl (C=O) groups is 3. The number of ketones is 1. The second kappa shape index (κ2) is 3.94. The number of benzene rings is 1. The fourth-order valence-electron chi connectivity index (χ4n) is 1.85. The zero-order valence-corrected chi connectivity index (χ0v) is 10.5. The van der Waals surface area contributed by atoms with Crippen LogP contribution in [0.4, 0.5) is 11.4 Å². The van der Waals surface area contributed by atoms with Gasteiger partial charge in [0.15, 0.2) is 5.78 Å². The van der Waals surface area contributed by atoms with Crippen molar-refractivity contribution in [1.82, 2.24) is 0 Å². The lowest BCUT2D eigenvalue weighted by atomic mass is 9.80. The zero-order chi connectivity index (χ0) is 13.5. The van der Waals surface area contributed by atoms with Crippen LogP contribution >= 0.6 is 0 Å². The Hall–Kier alpha value is -2.17. The summed E-state index contributed by atoms with van der Waals surface area (Å²) >= 11 is 0. The molecule has 0 radical (unpaired) electrons. The van der Waals surface area contributed by atoms with Gasteiger partial charge in [-0.2, -0.15) is 0 Å². The number of rotatable bonds is 1. The molecule has 2 rings (SSSR count). The molecule has 1 aliphatic heterocycles. The minimum atomic E-state index is -1.05. The van der Waals surface area contributed by atoms with Gasteiger partial charge in [-0.05, 0) is 32.0 Å². The fraction of sp³-hybridized carbons (Fsp3) is 0.308. The van der Waals surface area contributed by atoms with Gasteiger partial charge in [-0.25, -0.2) is 0 Å². The lowest BCUT2D eigenvalue weighted by Gasteiger charge is -2.29. The minimum absolute atomic E-state index is 0.205. The Balaban J connectivity index is 2.45. The lowest BCUT2D eigenvalue weighted by Crippen LogP contribution is -2.42. The number of nitrogens with one attached hydrogen (secondary N) is 2. The molecule has 1 aromatic carbocycles. The third-order valence-electron chi connectivity index (χ3n) is 2.97. The second-order valence-corrected chi connectivity index (χ2v) is 4.85. The Kier molecular flexibility index (Phi) is 2.69. The molecule has 0 aliphatic carbocycles. The van der Waals surface area contributed by atoms with E-state index in [-0.39, 0.29) is 17.6 Å². The summed E-state index contributed by atoms with van der Waals surface area (Å²) in [5.41, 5.74) is 0.404. The number of Topliss-reactive ketones (excluding diaryl/α,β-unsaturated/α-hetero) is 1.